The molecule has 2 aromatic rings. The first kappa shape index (κ1) is 19.4. The minimum absolute atomic E-state index is 0.308. The summed E-state index contributed by atoms with van der Waals surface area (Å²) in [6.45, 7) is 0.953. The van der Waals surface area contributed by atoms with Crippen molar-refractivity contribution in [2.75, 3.05) is 25.6 Å². The highest BCUT2D eigenvalue weighted by Gasteiger charge is 2.05. The third-order valence-corrected chi connectivity index (χ3v) is 3.95. The topological polar surface area (TPSA) is 47.6 Å². The molecule has 134 valence electrons. The van der Waals surface area contributed by atoms with E-state index in [4.69, 9.17) is 32.7 Å². The van der Waals surface area contributed by atoms with Gasteiger partial charge in [-0.3, -0.25) is 0 Å². The molecule has 0 saturated heterocycles. The Morgan fingerprint density at radius 1 is 1.04 bits per heavy atom. The maximum Gasteiger partial charge on any atom is 0.407 e. The first-order valence-corrected chi connectivity index (χ1v) is 9.02. The molecule has 0 aromatic heterocycles. The summed E-state index contributed by atoms with van der Waals surface area (Å²) < 4.78 is 10.5. The first-order valence-electron chi connectivity index (χ1n) is 8.11. The van der Waals surface area contributed by atoms with Crippen LogP contribution in [-0.2, 0) is 11.2 Å². The highest BCUT2D eigenvalue weighted by atomic mass is 35.5. The molecule has 4 nitrogen and oxygen atoms in total. The molecule has 0 aliphatic carbocycles. The van der Waals surface area contributed by atoms with Crippen LogP contribution in [0, 0.1) is 0 Å². The minimum Gasteiger partial charge on any atom is -0.490 e. The number of carbonyl (C=O) groups excluding carboxylic acids is 1. The van der Waals surface area contributed by atoms with E-state index in [1.807, 2.05) is 36.4 Å². The zero-order valence-electron chi connectivity index (χ0n) is 13.8. The Balaban J connectivity index is 1.74. The smallest absolute Gasteiger partial charge is 0.407 e. The number of nitrogens with one attached hydrogen (secondary N) is 1. The quantitative estimate of drug-likeness (QED) is 0.507. The van der Waals surface area contributed by atoms with Crippen LogP contribution in [0.25, 0.3) is 0 Å². The SMILES string of the molecule is O=C(NCCOc1ccc(Cc2ccccc2)cc1Cl)OCCCCl. The van der Waals surface area contributed by atoms with Gasteiger partial charge in [-0.25, -0.2) is 4.79 Å². The van der Waals surface area contributed by atoms with Crippen molar-refractivity contribution in [2.24, 2.45) is 0 Å². The lowest BCUT2D eigenvalue weighted by Crippen LogP contribution is -2.29. The molecule has 2 rings (SSSR count). The van der Waals surface area contributed by atoms with Gasteiger partial charge in [0.25, 0.3) is 0 Å². The van der Waals surface area contributed by atoms with Crippen molar-refractivity contribution in [3.05, 3.63) is 64.7 Å². The van der Waals surface area contributed by atoms with E-state index in [9.17, 15) is 4.79 Å². The average molecular weight is 382 g/mol. The van der Waals surface area contributed by atoms with Gasteiger partial charge in [0.1, 0.15) is 12.4 Å². The number of benzene rings is 2. The van der Waals surface area contributed by atoms with Gasteiger partial charge >= 0.3 is 6.09 Å². The highest BCUT2D eigenvalue weighted by molar-refractivity contribution is 6.32. The third kappa shape index (κ3) is 7.24. The van der Waals surface area contributed by atoms with Gasteiger partial charge in [0.2, 0.25) is 0 Å². The number of carbonyl (C=O) groups is 1. The maximum atomic E-state index is 11.4. The summed E-state index contributed by atoms with van der Waals surface area (Å²) in [7, 11) is 0. The summed E-state index contributed by atoms with van der Waals surface area (Å²) in [6, 6.07) is 15.9. The molecule has 2 aromatic carbocycles. The molecule has 0 atom stereocenters. The van der Waals surface area contributed by atoms with Crippen molar-refractivity contribution >= 4 is 29.3 Å². The van der Waals surface area contributed by atoms with Gasteiger partial charge < -0.3 is 14.8 Å². The summed E-state index contributed by atoms with van der Waals surface area (Å²) in [5.41, 5.74) is 2.34. The zero-order valence-corrected chi connectivity index (χ0v) is 15.4. The number of halogens is 2. The second kappa shape index (κ2) is 10.9. The summed E-state index contributed by atoms with van der Waals surface area (Å²) in [5, 5.41) is 3.16. The molecule has 0 fully saturated rings. The van der Waals surface area contributed by atoms with E-state index in [1.165, 1.54) is 5.56 Å². The third-order valence-electron chi connectivity index (χ3n) is 3.39. The Hall–Kier alpha value is -1.91. The molecule has 0 saturated carbocycles. The van der Waals surface area contributed by atoms with Gasteiger partial charge in [0.05, 0.1) is 18.2 Å². The molecule has 0 aliphatic rings. The van der Waals surface area contributed by atoms with Gasteiger partial charge in [-0.2, -0.15) is 0 Å². The number of ether oxygens (including phenoxy) is 2. The van der Waals surface area contributed by atoms with Gasteiger partial charge in [-0.05, 0) is 36.1 Å². The van der Waals surface area contributed by atoms with Crippen molar-refractivity contribution < 1.29 is 14.3 Å². The van der Waals surface area contributed by atoms with Crippen LogP contribution in [0.4, 0.5) is 4.79 Å². The fourth-order valence-corrected chi connectivity index (χ4v) is 2.55. The Morgan fingerprint density at radius 3 is 2.56 bits per heavy atom. The molecular weight excluding hydrogens is 361 g/mol. The molecule has 1 amide bonds. The lowest BCUT2D eigenvalue weighted by molar-refractivity contribution is 0.144. The van der Waals surface area contributed by atoms with Crippen LogP contribution >= 0.6 is 23.2 Å². The number of rotatable bonds is 9. The lowest BCUT2D eigenvalue weighted by Gasteiger charge is -2.11. The van der Waals surface area contributed by atoms with Crippen LogP contribution in [0.15, 0.2) is 48.5 Å². The lowest BCUT2D eigenvalue weighted by atomic mass is 10.1. The van der Waals surface area contributed by atoms with Crippen molar-refractivity contribution in [3.63, 3.8) is 0 Å². The molecule has 0 radical (unpaired) electrons. The summed E-state index contributed by atoms with van der Waals surface area (Å²) >= 11 is 11.8. The standard InChI is InChI=1S/C19H21Cl2NO3/c20-9-4-11-25-19(23)22-10-12-24-18-8-7-16(14-17(18)21)13-15-5-2-1-3-6-15/h1-3,5-8,14H,4,9-13H2,(H,22,23). The second-order valence-electron chi connectivity index (χ2n) is 5.38. The molecule has 0 bridgehead atoms. The van der Waals surface area contributed by atoms with Gasteiger partial charge in [-0.15, -0.1) is 11.6 Å². The van der Waals surface area contributed by atoms with Crippen LogP contribution in [0.3, 0.4) is 0 Å². The molecule has 0 spiro atoms. The van der Waals surface area contributed by atoms with Crippen LogP contribution in [0.1, 0.15) is 17.5 Å². The van der Waals surface area contributed by atoms with E-state index in [2.05, 4.69) is 17.4 Å². The number of hydrogen-bond donors (Lipinski definition) is 1. The monoisotopic (exact) mass is 381 g/mol. The molecule has 0 heterocycles. The Kier molecular flexibility index (Phi) is 8.43. The largest absolute Gasteiger partial charge is 0.490 e. The van der Waals surface area contributed by atoms with E-state index >= 15 is 0 Å². The summed E-state index contributed by atoms with van der Waals surface area (Å²) in [5.74, 6) is 1.06. The zero-order chi connectivity index (χ0) is 17.9. The molecule has 1 N–H and O–H groups in total. The van der Waals surface area contributed by atoms with Gasteiger partial charge in [0, 0.05) is 5.88 Å². The van der Waals surface area contributed by atoms with E-state index in [0.29, 0.717) is 42.8 Å². The molecular formula is C19H21Cl2NO3. The van der Waals surface area contributed by atoms with Crippen LogP contribution < -0.4 is 10.1 Å². The van der Waals surface area contributed by atoms with Crippen LogP contribution in [0.5, 0.6) is 5.75 Å². The normalized spacial score (nSPS) is 10.3. The van der Waals surface area contributed by atoms with Crippen molar-refractivity contribution in [2.45, 2.75) is 12.8 Å². The predicted molar refractivity (Wildman–Crippen MR) is 101 cm³/mol. The second-order valence-corrected chi connectivity index (χ2v) is 6.17. The van der Waals surface area contributed by atoms with E-state index in [0.717, 1.165) is 12.0 Å². The van der Waals surface area contributed by atoms with E-state index < -0.39 is 6.09 Å². The Labute approximate surface area is 158 Å². The van der Waals surface area contributed by atoms with E-state index in [1.54, 1.807) is 0 Å². The molecule has 25 heavy (non-hydrogen) atoms. The number of hydrogen-bond acceptors (Lipinski definition) is 3. The summed E-state index contributed by atoms with van der Waals surface area (Å²) in [4.78, 5) is 11.4. The maximum absolute atomic E-state index is 11.4. The van der Waals surface area contributed by atoms with Gasteiger partial charge in [-0.1, -0.05) is 48.0 Å². The Morgan fingerprint density at radius 2 is 1.84 bits per heavy atom. The average Bonchev–Trinajstić information content (AvgIpc) is 2.61. The summed E-state index contributed by atoms with van der Waals surface area (Å²) in [6.07, 6.45) is 0.977. The first-order chi connectivity index (χ1) is 12.2. The van der Waals surface area contributed by atoms with Crippen molar-refractivity contribution in [1.82, 2.24) is 5.32 Å². The molecule has 0 unspecified atom stereocenters. The fourth-order valence-electron chi connectivity index (χ4n) is 2.19. The molecule has 6 heteroatoms. The number of alkyl halides is 1. The van der Waals surface area contributed by atoms with E-state index in [-0.39, 0.29) is 0 Å². The number of alkyl carbamates (subject to hydrolysis) is 1. The van der Waals surface area contributed by atoms with Crippen molar-refractivity contribution in [3.8, 4) is 5.75 Å². The minimum atomic E-state index is -0.474. The molecule has 0 aliphatic heterocycles. The predicted octanol–water partition coefficient (Wildman–Crippen LogP) is 4.66. The van der Waals surface area contributed by atoms with Gasteiger partial charge in [0.15, 0.2) is 0 Å². The van der Waals surface area contributed by atoms with Crippen LogP contribution in [-0.4, -0.2) is 31.7 Å². The van der Waals surface area contributed by atoms with Crippen molar-refractivity contribution in [1.29, 1.82) is 0 Å². The Bertz CT molecular complexity index is 665. The highest BCUT2D eigenvalue weighted by Crippen LogP contribution is 2.26. The fraction of sp³-hybridized carbons (Fsp3) is 0.316. The number of amides is 1. The van der Waals surface area contributed by atoms with Crippen LogP contribution in [0.2, 0.25) is 5.02 Å².